The number of ketones is 1. The van der Waals surface area contributed by atoms with Crippen LogP contribution in [0, 0.1) is 28.6 Å². The van der Waals surface area contributed by atoms with Crippen molar-refractivity contribution in [2.24, 2.45) is 33.6 Å². The second kappa shape index (κ2) is 9.44. The van der Waals surface area contributed by atoms with E-state index in [1.807, 2.05) is 39.0 Å². The predicted octanol–water partition coefficient (Wildman–Crippen LogP) is 4.32. The number of esters is 2. The first-order valence-electron chi connectivity index (χ1n) is 13.5. The van der Waals surface area contributed by atoms with Crippen LogP contribution in [0.3, 0.4) is 0 Å². The van der Waals surface area contributed by atoms with Crippen molar-refractivity contribution in [2.45, 2.75) is 90.5 Å². The highest BCUT2D eigenvalue weighted by Gasteiger charge is 2.77. The maximum absolute atomic E-state index is 17.5. The van der Waals surface area contributed by atoms with Crippen LogP contribution in [-0.4, -0.2) is 59.6 Å². The number of alkyl halides is 1. The molecule has 0 aromatic carbocycles. The van der Waals surface area contributed by atoms with Crippen LogP contribution >= 0.6 is 0 Å². The number of aliphatic hydroxyl groups excluding tert-OH is 1. The van der Waals surface area contributed by atoms with Gasteiger partial charge in [-0.2, -0.15) is 0 Å². The Kier molecular flexibility index (Phi) is 7.06. The molecular formula is C29H40FNO6. The second-order valence-corrected chi connectivity index (χ2v) is 11.6. The molecule has 0 unspecified atom stereocenters. The lowest BCUT2D eigenvalue weighted by Gasteiger charge is -2.62. The summed E-state index contributed by atoms with van der Waals surface area (Å²) in [7, 11) is 1.70. The van der Waals surface area contributed by atoms with Crippen molar-refractivity contribution >= 4 is 23.4 Å². The third-order valence-electron chi connectivity index (χ3n) is 10.1. The van der Waals surface area contributed by atoms with Gasteiger partial charge in [0.05, 0.1) is 11.8 Å². The molecule has 0 heterocycles. The van der Waals surface area contributed by atoms with Gasteiger partial charge >= 0.3 is 11.9 Å². The number of carbonyl (C=O) groups is 3. The molecule has 0 aromatic heterocycles. The van der Waals surface area contributed by atoms with Gasteiger partial charge in [-0.15, -0.1) is 0 Å². The van der Waals surface area contributed by atoms with Crippen molar-refractivity contribution in [2.75, 3.05) is 13.7 Å². The van der Waals surface area contributed by atoms with Gasteiger partial charge in [0, 0.05) is 42.6 Å². The molecule has 0 bridgehead atoms. The summed E-state index contributed by atoms with van der Waals surface area (Å²) in [5.41, 5.74) is -3.94. The molecule has 4 aliphatic rings. The molecule has 3 fully saturated rings. The molecular weight excluding hydrogens is 477 g/mol. The smallest absolute Gasteiger partial charge is 0.306 e. The van der Waals surface area contributed by atoms with Crippen LogP contribution in [0.1, 0.15) is 73.1 Å². The Morgan fingerprint density at radius 3 is 2.46 bits per heavy atom. The minimum Gasteiger partial charge on any atom is -0.457 e. The van der Waals surface area contributed by atoms with Gasteiger partial charge in [-0.05, 0) is 50.7 Å². The number of fused-ring (bicyclic) bond motifs is 5. The molecule has 0 amide bonds. The van der Waals surface area contributed by atoms with E-state index in [0.717, 1.165) is 11.3 Å². The average Bonchev–Trinajstić information content (AvgIpc) is 3.09. The van der Waals surface area contributed by atoms with Crippen molar-refractivity contribution in [3.8, 4) is 0 Å². The Hall–Kier alpha value is -2.35. The Morgan fingerprint density at radius 2 is 1.84 bits per heavy atom. The number of Topliss-reactive ketones (excluding diaryl/α,β-unsaturated/α-hetero) is 1. The van der Waals surface area contributed by atoms with Crippen molar-refractivity contribution in [3.63, 3.8) is 0 Å². The minimum atomic E-state index is -1.96. The molecule has 0 aromatic rings. The summed E-state index contributed by atoms with van der Waals surface area (Å²) in [4.78, 5) is 42.7. The van der Waals surface area contributed by atoms with Crippen molar-refractivity contribution in [1.29, 1.82) is 0 Å². The van der Waals surface area contributed by atoms with Gasteiger partial charge in [0.15, 0.2) is 17.9 Å². The molecule has 4 aliphatic carbocycles. The molecule has 0 radical (unpaired) electrons. The van der Waals surface area contributed by atoms with Crippen molar-refractivity contribution in [1.82, 2.24) is 0 Å². The number of hydrogen-bond donors (Lipinski definition) is 1. The molecule has 8 heteroatoms. The summed E-state index contributed by atoms with van der Waals surface area (Å²) in [6.07, 6.45) is 5.91. The molecule has 1 N–H and O–H groups in total. The van der Waals surface area contributed by atoms with E-state index in [-0.39, 0.29) is 25.2 Å². The van der Waals surface area contributed by atoms with Gasteiger partial charge in [0.2, 0.25) is 5.78 Å². The maximum Gasteiger partial charge on any atom is 0.306 e. The number of hydrogen-bond acceptors (Lipinski definition) is 7. The van der Waals surface area contributed by atoms with E-state index in [1.54, 1.807) is 20.9 Å². The lowest BCUT2D eigenvalue weighted by molar-refractivity contribution is -0.228. The lowest BCUT2D eigenvalue weighted by Crippen LogP contribution is -2.70. The summed E-state index contributed by atoms with van der Waals surface area (Å²) in [6, 6.07) is 0. The molecule has 204 valence electrons. The van der Waals surface area contributed by atoms with Crippen LogP contribution in [0.15, 0.2) is 28.8 Å². The van der Waals surface area contributed by atoms with E-state index in [4.69, 9.17) is 9.47 Å². The van der Waals surface area contributed by atoms with E-state index in [1.165, 1.54) is 0 Å². The highest BCUT2D eigenvalue weighted by atomic mass is 19.1. The zero-order chi connectivity index (χ0) is 27.4. The van der Waals surface area contributed by atoms with Gasteiger partial charge in [-0.1, -0.05) is 39.3 Å². The highest BCUT2D eigenvalue weighted by molar-refractivity contribution is 6.05. The summed E-state index contributed by atoms with van der Waals surface area (Å²) < 4.78 is 28.8. The van der Waals surface area contributed by atoms with Gasteiger partial charge in [0.1, 0.15) is 0 Å². The zero-order valence-electron chi connectivity index (χ0n) is 22.8. The fourth-order valence-electron chi connectivity index (χ4n) is 8.15. The molecule has 0 saturated heterocycles. The number of carbonyl (C=O) groups excluding carboxylic acids is 3. The molecule has 0 aliphatic heterocycles. The minimum absolute atomic E-state index is 0.0507. The molecule has 37 heavy (non-hydrogen) atoms. The monoisotopic (exact) mass is 517 g/mol. The average molecular weight is 518 g/mol. The molecule has 3 saturated carbocycles. The number of aliphatic hydroxyl groups is 1. The molecule has 0 spiro atoms. The summed E-state index contributed by atoms with van der Waals surface area (Å²) >= 11 is 0. The second-order valence-electron chi connectivity index (χ2n) is 11.6. The highest BCUT2D eigenvalue weighted by Crippen LogP contribution is 2.71. The Bertz CT molecular complexity index is 1080. The van der Waals surface area contributed by atoms with E-state index < -0.39 is 64.4 Å². The third-order valence-corrected chi connectivity index (χ3v) is 10.1. The van der Waals surface area contributed by atoms with Gasteiger partial charge in [-0.25, -0.2) is 4.39 Å². The van der Waals surface area contributed by atoms with Crippen LogP contribution in [-0.2, 0) is 23.9 Å². The third kappa shape index (κ3) is 3.68. The number of ether oxygens (including phenoxy) is 2. The fourth-order valence-corrected chi connectivity index (χ4v) is 8.15. The van der Waals surface area contributed by atoms with E-state index in [9.17, 15) is 19.5 Å². The van der Waals surface area contributed by atoms with Gasteiger partial charge in [-0.3, -0.25) is 19.4 Å². The summed E-state index contributed by atoms with van der Waals surface area (Å²) in [5, 5.41) is 11.6. The number of aliphatic imine (C=N–C) groups is 1. The first-order chi connectivity index (χ1) is 17.3. The quantitative estimate of drug-likeness (QED) is 0.527. The van der Waals surface area contributed by atoms with Gasteiger partial charge < -0.3 is 14.6 Å². The van der Waals surface area contributed by atoms with E-state index in [0.29, 0.717) is 19.3 Å². The predicted molar refractivity (Wildman–Crippen MR) is 137 cm³/mol. The molecule has 8 atom stereocenters. The summed E-state index contributed by atoms with van der Waals surface area (Å²) in [6.45, 7) is 8.30. The number of halogens is 1. The lowest BCUT2D eigenvalue weighted by atomic mass is 9.44. The Balaban J connectivity index is 1.80. The van der Waals surface area contributed by atoms with Crippen LogP contribution in [0.5, 0.6) is 0 Å². The largest absolute Gasteiger partial charge is 0.457 e. The van der Waals surface area contributed by atoms with Crippen LogP contribution in [0.4, 0.5) is 4.39 Å². The van der Waals surface area contributed by atoms with E-state index in [2.05, 4.69) is 4.99 Å². The fraction of sp³-hybridized carbons (Fsp3) is 0.724. The van der Waals surface area contributed by atoms with Crippen LogP contribution in [0.25, 0.3) is 0 Å². The Labute approximate surface area is 218 Å². The maximum atomic E-state index is 17.5. The normalized spacial score (nSPS) is 43.4. The van der Waals surface area contributed by atoms with Crippen LogP contribution in [0.2, 0.25) is 0 Å². The first-order valence-corrected chi connectivity index (χ1v) is 13.5. The number of allylic oxidation sites excluding steroid dienone is 4. The number of rotatable bonds is 6. The number of nitrogens with zero attached hydrogens (tertiary/aromatic N) is 1. The van der Waals surface area contributed by atoms with Gasteiger partial charge in [0.25, 0.3) is 0 Å². The Morgan fingerprint density at radius 1 is 1.16 bits per heavy atom. The SMILES string of the molecule is CCC(=O)OCC(=O)[C@@]1(OC(=O)CC)[C@@H](C)C[C@H]2[C@@H]3CCC4=CC(=NC)C=C[C@]4(C)[C@@]3(F)[C@@H](O)C[C@@]21C. The first kappa shape index (κ1) is 27.7. The molecule has 4 rings (SSSR count). The standard InChI is InChI=1S/C29H40FNO6/c1-7-24(34)36-16-23(33)29(37-25(35)8-2)17(3)13-21-20-10-9-18-14-19(31-6)11-12-26(18,4)28(20,30)22(32)15-27(21,29)5/h11-12,14,17,20-22,32H,7-10,13,15-16H2,1-6H3/t17-,20-,21-,22-,26-,27-,28-,29-/m0/s1. The summed E-state index contributed by atoms with van der Waals surface area (Å²) in [5.74, 6) is -2.88. The zero-order valence-corrected chi connectivity index (χ0v) is 22.8. The van der Waals surface area contributed by atoms with Crippen LogP contribution < -0.4 is 0 Å². The van der Waals surface area contributed by atoms with Crippen molar-refractivity contribution in [3.05, 3.63) is 23.8 Å². The van der Waals surface area contributed by atoms with Crippen molar-refractivity contribution < 1.29 is 33.4 Å². The topological polar surface area (TPSA) is 102 Å². The molecule has 7 nitrogen and oxygen atoms in total. The van der Waals surface area contributed by atoms with E-state index >= 15 is 4.39 Å².